The summed E-state index contributed by atoms with van der Waals surface area (Å²) in [4.78, 5) is 2.30. The molecule has 1 aliphatic heterocycles. The smallest absolute Gasteiger partial charge is 0.123 e. The molecule has 0 bridgehead atoms. The van der Waals surface area contributed by atoms with E-state index in [0.717, 1.165) is 55.4 Å². The van der Waals surface area contributed by atoms with Gasteiger partial charge in [0.1, 0.15) is 11.6 Å². The first-order valence-corrected chi connectivity index (χ1v) is 9.11. The van der Waals surface area contributed by atoms with Crippen LogP contribution in [0, 0.1) is 22.5 Å². The van der Waals surface area contributed by atoms with Crippen LogP contribution in [-0.2, 0) is 0 Å². The molecule has 0 saturated carbocycles. The predicted molar refractivity (Wildman–Crippen MR) is 106 cm³/mol. The molecule has 27 heavy (non-hydrogen) atoms. The quantitative estimate of drug-likeness (QED) is 0.700. The zero-order valence-corrected chi connectivity index (χ0v) is 15.1. The van der Waals surface area contributed by atoms with Gasteiger partial charge in [0.2, 0.25) is 0 Å². The van der Waals surface area contributed by atoms with Crippen molar-refractivity contribution in [2.75, 3.05) is 19.6 Å². The number of piperidine rings is 1. The molecule has 2 aromatic carbocycles. The second kappa shape index (κ2) is 8.82. The van der Waals surface area contributed by atoms with Crippen LogP contribution in [0.2, 0.25) is 0 Å². The van der Waals surface area contributed by atoms with Gasteiger partial charge in [-0.3, -0.25) is 0 Å². The van der Waals surface area contributed by atoms with E-state index in [1.165, 1.54) is 29.8 Å². The van der Waals surface area contributed by atoms with Gasteiger partial charge in [0.15, 0.2) is 0 Å². The third-order valence-electron chi connectivity index (χ3n) is 4.95. The van der Waals surface area contributed by atoms with Crippen LogP contribution in [0.3, 0.4) is 0 Å². The number of nitrogens with one attached hydrogen (secondary N) is 2. The van der Waals surface area contributed by atoms with E-state index < -0.39 is 0 Å². The Morgan fingerprint density at radius 3 is 1.81 bits per heavy atom. The van der Waals surface area contributed by atoms with Gasteiger partial charge in [0.05, 0.1) is 5.71 Å². The van der Waals surface area contributed by atoms with Crippen LogP contribution in [-0.4, -0.2) is 36.5 Å². The lowest BCUT2D eigenvalue weighted by atomic mass is 9.88. The van der Waals surface area contributed by atoms with E-state index in [1.54, 1.807) is 24.3 Å². The van der Waals surface area contributed by atoms with E-state index in [9.17, 15) is 8.78 Å². The largest absolute Gasteiger partial charge is 0.307 e. The Labute approximate surface area is 158 Å². The van der Waals surface area contributed by atoms with Crippen LogP contribution >= 0.6 is 0 Å². The van der Waals surface area contributed by atoms with Crippen LogP contribution in [0.25, 0.3) is 5.57 Å². The molecule has 1 fully saturated rings. The molecule has 2 N–H and O–H groups in total. The Balaban J connectivity index is 1.84. The van der Waals surface area contributed by atoms with E-state index in [1.807, 2.05) is 0 Å². The first-order valence-electron chi connectivity index (χ1n) is 9.11. The van der Waals surface area contributed by atoms with Crippen molar-refractivity contribution in [3.05, 3.63) is 76.9 Å². The molecule has 2 aromatic rings. The van der Waals surface area contributed by atoms with Gasteiger partial charge < -0.3 is 15.7 Å². The van der Waals surface area contributed by atoms with Crippen LogP contribution in [0.15, 0.2) is 54.1 Å². The number of hydrogen-bond donors (Lipinski definition) is 2. The Kier molecular flexibility index (Phi) is 6.24. The minimum absolute atomic E-state index is 0.273. The second-order valence-electron chi connectivity index (χ2n) is 6.75. The highest BCUT2D eigenvalue weighted by atomic mass is 19.1. The summed E-state index contributed by atoms with van der Waals surface area (Å²) >= 11 is 0. The van der Waals surface area contributed by atoms with E-state index in [0.29, 0.717) is 12.1 Å². The van der Waals surface area contributed by atoms with E-state index in [4.69, 9.17) is 10.8 Å². The summed E-state index contributed by atoms with van der Waals surface area (Å²) in [6.45, 7) is 2.54. The van der Waals surface area contributed by atoms with Crippen molar-refractivity contribution in [3.63, 3.8) is 0 Å². The minimum Gasteiger partial charge on any atom is -0.307 e. The molecule has 1 saturated heterocycles. The molecule has 0 aromatic heterocycles. The van der Waals surface area contributed by atoms with Gasteiger partial charge in [-0.15, -0.1) is 0 Å². The lowest BCUT2D eigenvalue weighted by Crippen LogP contribution is -2.33. The molecule has 0 aliphatic carbocycles. The van der Waals surface area contributed by atoms with E-state index >= 15 is 0 Å². The molecule has 3 rings (SSSR count). The van der Waals surface area contributed by atoms with Crippen molar-refractivity contribution in [3.8, 4) is 0 Å². The second-order valence-corrected chi connectivity index (χ2v) is 6.75. The fourth-order valence-electron chi connectivity index (χ4n) is 3.46. The Bertz CT molecular complexity index is 781. The zero-order valence-electron chi connectivity index (χ0n) is 15.1. The number of halogens is 2. The highest BCUT2D eigenvalue weighted by Gasteiger charge is 2.19. The molecular weight excluding hydrogens is 344 g/mol. The van der Waals surface area contributed by atoms with Crippen LogP contribution in [0.5, 0.6) is 0 Å². The van der Waals surface area contributed by atoms with Crippen molar-refractivity contribution in [2.24, 2.45) is 0 Å². The third-order valence-corrected chi connectivity index (χ3v) is 4.95. The number of nitrogens with zero attached hydrogens (tertiary/aromatic N) is 1. The minimum atomic E-state index is -0.273. The zero-order chi connectivity index (χ0) is 19.2. The molecule has 0 spiro atoms. The molecule has 140 valence electrons. The van der Waals surface area contributed by atoms with Crippen molar-refractivity contribution in [1.29, 1.82) is 10.8 Å². The predicted octanol–water partition coefficient (Wildman–Crippen LogP) is 4.92. The summed E-state index contributed by atoms with van der Waals surface area (Å²) in [5, 5.41) is 14.7. The average Bonchev–Trinajstić information content (AvgIpc) is 2.70. The molecule has 0 atom stereocenters. The lowest BCUT2D eigenvalue weighted by molar-refractivity contribution is 0.264. The van der Waals surface area contributed by atoms with E-state index in [-0.39, 0.29) is 11.6 Å². The van der Waals surface area contributed by atoms with E-state index in [2.05, 4.69) is 4.90 Å². The SMILES string of the molecule is N=CC(=N)CCN1CCC(=C(c2ccc(F)cc2)c2ccc(F)cc2)CC1. The first kappa shape index (κ1) is 19.1. The van der Waals surface area contributed by atoms with Crippen molar-refractivity contribution < 1.29 is 8.78 Å². The van der Waals surface area contributed by atoms with Gasteiger partial charge in [-0.2, -0.15) is 0 Å². The maximum Gasteiger partial charge on any atom is 0.123 e. The Morgan fingerprint density at radius 1 is 0.889 bits per heavy atom. The first-order chi connectivity index (χ1) is 13.1. The highest BCUT2D eigenvalue weighted by molar-refractivity contribution is 6.27. The van der Waals surface area contributed by atoms with Gasteiger partial charge in [-0.05, 0) is 53.8 Å². The molecule has 1 aliphatic rings. The standard InChI is InChI=1S/C22H23F2N3/c23-19-5-1-16(2-6-19)22(17-3-7-20(24)8-4-17)18-9-12-27(13-10-18)14-11-21(26)15-25/h1-8,15,25-26H,9-14H2. The number of rotatable bonds is 6. The third kappa shape index (κ3) is 4.95. The Hall–Kier alpha value is -2.66. The summed E-state index contributed by atoms with van der Waals surface area (Å²) in [5.74, 6) is -0.545. The molecule has 0 unspecified atom stereocenters. The van der Waals surface area contributed by atoms with Gasteiger partial charge in [0, 0.05) is 32.3 Å². The number of likely N-dealkylation sites (tertiary alicyclic amines) is 1. The summed E-state index contributed by atoms with van der Waals surface area (Å²) in [5.41, 5.74) is 4.57. The molecule has 5 heteroatoms. The molecule has 0 amide bonds. The van der Waals surface area contributed by atoms with Gasteiger partial charge in [0.25, 0.3) is 0 Å². The van der Waals surface area contributed by atoms with Crippen LogP contribution in [0.4, 0.5) is 8.78 Å². The summed E-state index contributed by atoms with van der Waals surface area (Å²) < 4.78 is 26.7. The van der Waals surface area contributed by atoms with Crippen molar-refractivity contribution >= 4 is 17.5 Å². The summed E-state index contributed by atoms with van der Waals surface area (Å²) in [6.07, 6.45) is 3.44. The number of benzene rings is 2. The normalized spacial score (nSPS) is 14.8. The Morgan fingerprint density at radius 2 is 1.37 bits per heavy atom. The average molecular weight is 367 g/mol. The lowest BCUT2D eigenvalue weighted by Gasteiger charge is -2.30. The summed E-state index contributed by atoms with van der Waals surface area (Å²) in [6, 6.07) is 12.9. The highest BCUT2D eigenvalue weighted by Crippen LogP contribution is 2.32. The van der Waals surface area contributed by atoms with Gasteiger partial charge in [-0.25, -0.2) is 8.78 Å². The fraction of sp³-hybridized carbons (Fsp3) is 0.273. The van der Waals surface area contributed by atoms with Gasteiger partial charge >= 0.3 is 0 Å². The van der Waals surface area contributed by atoms with Gasteiger partial charge in [-0.1, -0.05) is 29.8 Å². The molecule has 3 nitrogen and oxygen atoms in total. The molecular formula is C22H23F2N3. The topological polar surface area (TPSA) is 50.9 Å². The maximum atomic E-state index is 13.4. The van der Waals surface area contributed by atoms with Crippen LogP contribution < -0.4 is 0 Å². The number of hydrogen-bond acceptors (Lipinski definition) is 3. The maximum absolute atomic E-state index is 13.4. The van der Waals surface area contributed by atoms with Crippen LogP contribution in [0.1, 0.15) is 30.4 Å². The summed E-state index contributed by atoms with van der Waals surface area (Å²) in [7, 11) is 0. The van der Waals surface area contributed by atoms with Crippen molar-refractivity contribution in [1.82, 2.24) is 4.90 Å². The van der Waals surface area contributed by atoms with Crippen molar-refractivity contribution in [2.45, 2.75) is 19.3 Å². The monoisotopic (exact) mass is 367 g/mol. The fourth-order valence-corrected chi connectivity index (χ4v) is 3.46. The molecule has 0 radical (unpaired) electrons. The molecule has 1 heterocycles.